The first-order valence-electron chi connectivity index (χ1n) is 5.89. The molecule has 0 aliphatic rings. The molecule has 1 amide bonds. The lowest BCUT2D eigenvalue weighted by molar-refractivity contribution is -0.115. The van der Waals surface area contributed by atoms with Crippen molar-refractivity contribution in [3.63, 3.8) is 0 Å². The Morgan fingerprint density at radius 2 is 2.00 bits per heavy atom. The summed E-state index contributed by atoms with van der Waals surface area (Å²) in [6.07, 6.45) is 0.263. The lowest BCUT2D eigenvalue weighted by Crippen LogP contribution is -2.15. The van der Waals surface area contributed by atoms with Crippen LogP contribution in [-0.4, -0.2) is 11.0 Å². The minimum Gasteiger partial charge on any atom is -0.506 e. The summed E-state index contributed by atoms with van der Waals surface area (Å²) in [5.74, 6) is -0.186. The third kappa shape index (κ3) is 3.48. The first-order valence-corrected chi connectivity index (χ1v) is 6.27. The van der Waals surface area contributed by atoms with Gasteiger partial charge in [-0.2, -0.15) is 0 Å². The van der Waals surface area contributed by atoms with E-state index in [0.717, 1.165) is 11.1 Å². The molecular weight excluding hydrogens is 262 g/mol. The third-order valence-corrected chi connectivity index (χ3v) is 3.08. The third-order valence-electron chi connectivity index (χ3n) is 2.84. The number of amides is 1. The summed E-state index contributed by atoms with van der Waals surface area (Å²) in [6.45, 7) is 1.96. The number of aromatic hydroxyl groups is 1. The van der Waals surface area contributed by atoms with Crippen LogP contribution in [-0.2, 0) is 11.2 Å². The van der Waals surface area contributed by atoms with Gasteiger partial charge in [0.1, 0.15) is 5.75 Å². The standard InChI is InChI=1S/C15H14ClNO2/c1-10-4-2-3-5-11(10)8-15(19)17-13-9-12(16)6-7-14(13)18/h2-7,9,18H,8H2,1H3,(H,17,19). The molecule has 0 aliphatic carbocycles. The Bertz CT molecular complexity index is 611. The topological polar surface area (TPSA) is 49.3 Å². The van der Waals surface area contributed by atoms with Gasteiger partial charge in [0.05, 0.1) is 12.1 Å². The number of aryl methyl sites for hydroxylation is 1. The molecule has 2 rings (SSSR count). The van der Waals surface area contributed by atoms with Gasteiger partial charge in [0.15, 0.2) is 0 Å². The molecule has 0 fully saturated rings. The number of carbonyl (C=O) groups excluding carboxylic acids is 1. The molecular formula is C15H14ClNO2. The molecule has 4 heteroatoms. The van der Waals surface area contributed by atoms with Crippen LogP contribution in [0.4, 0.5) is 5.69 Å². The number of halogens is 1. The number of anilines is 1. The summed E-state index contributed by atoms with van der Waals surface area (Å²) in [5.41, 5.74) is 2.35. The summed E-state index contributed by atoms with van der Waals surface area (Å²) in [4.78, 5) is 11.9. The second-order valence-electron chi connectivity index (χ2n) is 4.31. The molecule has 2 N–H and O–H groups in total. The van der Waals surface area contributed by atoms with E-state index in [1.54, 1.807) is 6.07 Å². The van der Waals surface area contributed by atoms with E-state index < -0.39 is 0 Å². The zero-order valence-corrected chi connectivity index (χ0v) is 11.2. The zero-order valence-electron chi connectivity index (χ0n) is 10.5. The van der Waals surface area contributed by atoms with Crippen molar-refractivity contribution in [3.05, 3.63) is 58.6 Å². The number of nitrogens with one attached hydrogen (secondary N) is 1. The van der Waals surface area contributed by atoms with Gasteiger partial charge in [0, 0.05) is 5.02 Å². The highest BCUT2D eigenvalue weighted by molar-refractivity contribution is 6.31. The van der Waals surface area contributed by atoms with Crippen molar-refractivity contribution in [1.29, 1.82) is 0 Å². The van der Waals surface area contributed by atoms with Crippen LogP contribution >= 0.6 is 11.6 Å². The van der Waals surface area contributed by atoms with Gasteiger partial charge in [-0.15, -0.1) is 0 Å². The second-order valence-corrected chi connectivity index (χ2v) is 4.75. The molecule has 0 saturated heterocycles. The van der Waals surface area contributed by atoms with Gasteiger partial charge < -0.3 is 10.4 Å². The Morgan fingerprint density at radius 3 is 2.74 bits per heavy atom. The Morgan fingerprint density at radius 1 is 1.26 bits per heavy atom. The van der Waals surface area contributed by atoms with Gasteiger partial charge in [0.25, 0.3) is 0 Å². The summed E-state index contributed by atoms with van der Waals surface area (Å²) < 4.78 is 0. The fourth-order valence-corrected chi connectivity index (χ4v) is 1.96. The quantitative estimate of drug-likeness (QED) is 0.842. The Kier molecular flexibility index (Phi) is 4.07. The fraction of sp³-hybridized carbons (Fsp3) is 0.133. The van der Waals surface area contributed by atoms with Crippen molar-refractivity contribution < 1.29 is 9.90 Å². The molecule has 0 saturated carbocycles. The number of rotatable bonds is 3. The van der Waals surface area contributed by atoms with E-state index >= 15 is 0 Å². The average Bonchev–Trinajstić information content (AvgIpc) is 2.37. The van der Waals surface area contributed by atoms with Crippen molar-refractivity contribution in [3.8, 4) is 5.75 Å². The summed E-state index contributed by atoms with van der Waals surface area (Å²) in [7, 11) is 0. The molecule has 2 aromatic carbocycles. The minimum absolute atomic E-state index is 0.00235. The van der Waals surface area contributed by atoms with Crippen LogP contribution < -0.4 is 5.32 Å². The SMILES string of the molecule is Cc1ccccc1CC(=O)Nc1cc(Cl)ccc1O. The molecule has 19 heavy (non-hydrogen) atoms. The predicted molar refractivity (Wildman–Crippen MR) is 76.6 cm³/mol. The van der Waals surface area contributed by atoms with Gasteiger partial charge in [-0.25, -0.2) is 0 Å². The number of phenolic OH excluding ortho intramolecular Hbond substituents is 1. The molecule has 0 aromatic heterocycles. The Hall–Kier alpha value is -2.00. The van der Waals surface area contributed by atoms with Gasteiger partial charge >= 0.3 is 0 Å². The maximum Gasteiger partial charge on any atom is 0.228 e. The van der Waals surface area contributed by atoms with E-state index in [1.165, 1.54) is 12.1 Å². The van der Waals surface area contributed by atoms with E-state index in [2.05, 4.69) is 5.32 Å². The highest BCUT2D eigenvalue weighted by Crippen LogP contribution is 2.26. The summed E-state index contributed by atoms with van der Waals surface area (Å²) in [5, 5.41) is 12.7. The summed E-state index contributed by atoms with van der Waals surface area (Å²) in [6, 6.07) is 12.2. The van der Waals surface area contributed by atoms with Crippen LogP contribution in [0.15, 0.2) is 42.5 Å². The normalized spacial score (nSPS) is 10.2. The molecule has 0 spiro atoms. The van der Waals surface area contributed by atoms with Crippen LogP contribution in [0.2, 0.25) is 5.02 Å². The molecule has 0 heterocycles. The first-order chi connectivity index (χ1) is 9.06. The van der Waals surface area contributed by atoms with Gasteiger partial charge in [-0.1, -0.05) is 35.9 Å². The largest absolute Gasteiger partial charge is 0.506 e. The lowest BCUT2D eigenvalue weighted by Gasteiger charge is -2.09. The Balaban J connectivity index is 2.10. The maximum absolute atomic E-state index is 11.9. The highest BCUT2D eigenvalue weighted by atomic mass is 35.5. The summed E-state index contributed by atoms with van der Waals surface area (Å²) >= 11 is 5.82. The smallest absolute Gasteiger partial charge is 0.228 e. The van der Waals surface area contributed by atoms with Crippen molar-refractivity contribution in [2.45, 2.75) is 13.3 Å². The number of benzene rings is 2. The van der Waals surface area contributed by atoms with E-state index in [0.29, 0.717) is 10.7 Å². The van der Waals surface area contributed by atoms with E-state index in [1.807, 2.05) is 31.2 Å². The molecule has 0 aliphatic heterocycles. The molecule has 3 nitrogen and oxygen atoms in total. The number of carbonyl (C=O) groups is 1. The minimum atomic E-state index is -0.188. The monoisotopic (exact) mass is 275 g/mol. The van der Waals surface area contributed by atoms with Crippen molar-refractivity contribution in [2.75, 3.05) is 5.32 Å². The van der Waals surface area contributed by atoms with E-state index in [4.69, 9.17) is 11.6 Å². The van der Waals surface area contributed by atoms with Crippen molar-refractivity contribution in [2.24, 2.45) is 0 Å². The number of phenols is 1. The number of hydrogen-bond acceptors (Lipinski definition) is 2. The van der Waals surface area contributed by atoms with Gasteiger partial charge in [-0.3, -0.25) is 4.79 Å². The van der Waals surface area contributed by atoms with Crippen LogP contribution in [0.25, 0.3) is 0 Å². The van der Waals surface area contributed by atoms with Crippen LogP contribution in [0, 0.1) is 6.92 Å². The zero-order chi connectivity index (χ0) is 13.8. The van der Waals surface area contributed by atoms with Crippen LogP contribution in [0.1, 0.15) is 11.1 Å². The maximum atomic E-state index is 11.9. The van der Waals surface area contributed by atoms with Crippen molar-refractivity contribution in [1.82, 2.24) is 0 Å². The van der Waals surface area contributed by atoms with Crippen LogP contribution in [0.3, 0.4) is 0 Å². The predicted octanol–water partition coefficient (Wildman–Crippen LogP) is 3.54. The van der Waals surface area contributed by atoms with Gasteiger partial charge in [0.2, 0.25) is 5.91 Å². The number of hydrogen-bond donors (Lipinski definition) is 2. The highest BCUT2D eigenvalue weighted by Gasteiger charge is 2.09. The molecule has 0 unspecified atom stereocenters. The van der Waals surface area contributed by atoms with Gasteiger partial charge in [-0.05, 0) is 36.2 Å². The lowest BCUT2D eigenvalue weighted by atomic mass is 10.1. The van der Waals surface area contributed by atoms with Crippen molar-refractivity contribution >= 4 is 23.2 Å². The van der Waals surface area contributed by atoms with E-state index in [9.17, 15) is 9.90 Å². The Labute approximate surface area is 116 Å². The molecule has 98 valence electrons. The molecule has 2 aromatic rings. The van der Waals surface area contributed by atoms with E-state index in [-0.39, 0.29) is 18.1 Å². The first kappa shape index (κ1) is 13.4. The molecule has 0 radical (unpaired) electrons. The van der Waals surface area contributed by atoms with Crippen LogP contribution in [0.5, 0.6) is 5.75 Å². The molecule has 0 bridgehead atoms. The second kappa shape index (κ2) is 5.76. The molecule has 0 atom stereocenters. The average molecular weight is 276 g/mol. The fourth-order valence-electron chi connectivity index (χ4n) is 1.78.